The molecule has 17 heavy (non-hydrogen) atoms. The first-order valence-electron chi connectivity index (χ1n) is 4.65. The van der Waals surface area contributed by atoms with Crippen LogP contribution in [0.2, 0.25) is 0 Å². The third kappa shape index (κ3) is 5.68. The zero-order valence-corrected chi connectivity index (χ0v) is 11.7. The topological polar surface area (TPSA) is 83.4 Å². The van der Waals surface area contributed by atoms with Crippen molar-refractivity contribution in [2.75, 3.05) is 19.3 Å². The van der Waals surface area contributed by atoms with Gasteiger partial charge in [-0.15, -0.1) is 25.3 Å². The van der Waals surface area contributed by atoms with E-state index in [9.17, 15) is 8.42 Å². The zero-order chi connectivity index (χ0) is 13.1. The maximum atomic E-state index is 10.6. The van der Waals surface area contributed by atoms with E-state index in [0.717, 1.165) is 5.56 Å². The lowest BCUT2D eigenvalue weighted by atomic mass is 10.3. The molecule has 0 aliphatic heterocycles. The minimum absolute atomic E-state index is 0.217. The molecule has 0 amide bonds. The van der Waals surface area contributed by atoms with E-state index in [2.05, 4.69) is 35.2 Å². The summed E-state index contributed by atoms with van der Waals surface area (Å²) in [6, 6.07) is 0. The lowest BCUT2D eigenvalue weighted by molar-refractivity contribution is 0.337. The van der Waals surface area contributed by atoms with Crippen molar-refractivity contribution in [3.63, 3.8) is 0 Å². The molecule has 1 aromatic heterocycles. The number of nitrogens with zero attached hydrogens (tertiary/aromatic N) is 3. The summed E-state index contributed by atoms with van der Waals surface area (Å²) >= 11 is 8.15. The summed E-state index contributed by atoms with van der Waals surface area (Å²) in [7, 11) is -2.20. The Morgan fingerprint density at radius 3 is 2.65 bits per heavy atom. The Bertz CT molecular complexity index is 492. The molecular formula is C8H13N3O3S3. The van der Waals surface area contributed by atoms with E-state index in [4.69, 9.17) is 4.55 Å². The third-order valence-corrected chi connectivity index (χ3v) is 3.30. The van der Waals surface area contributed by atoms with Gasteiger partial charge in [-0.3, -0.25) is 4.55 Å². The molecule has 6 nitrogen and oxygen atoms in total. The molecule has 0 aromatic carbocycles. The summed E-state index contributed by atoms with van der Waals surface area (Å²) in [4.78, 5) is 9.60. The number of aromatic nitrogens is 2. The van der Waals surface area contributed by atoms with Crippen LogP contribution in [-0.4, -0.2) is 47.2 Å². The van der Waals surface area contributed by atoms with Crippen molar-refractivity contribution in [2.24, 2.45) is 0 Å². The molecule has 0 aliphatic rings. The average Bonchev–Trinajstić information content (AvgIpc) is 2.18. The fourth-order valence-corrected chi connectivity index (χ4v) is 2.14. The summed E-state index contributed by atoms with van der Waals surface area (Å²) < 4.78 is 29.8. The summed E-state index contributed by atoms with van der Waals surface area (Å²) in [5, 5.41) is 0.836. The van der Waals surface area contributed by atoms with Gasteiger partial charge in [0.25, 0.3) is 10.1 Å². The molecular weight excluding hydrogens is 282 g/mol. The standard InChI is InChI=1S/C8H13N3O3S3/c1-11(2-3-17(12,13)14)5-6-4-9-8(16)10-7(6)15/h4H,2-3,5H2,1H3,(H,12,13,14)(H2,9,10,15,16). The predicted octanol–water partition coefficient (Wildman–Crippen LogP) is 0.374. The summed E-state index contributed by atoms with van der Waals surface area (Å²) in [5.41, 5.74) is 0.768. The first kappa shape index (κ1) is 14.7. The van der Waals surface area contributed by atoms with Crippen LogP contribution in [0.15, 0.2) is 16.4 Å². The summed E-state index contributed by atoms with van der Waals surface area (Å²) in [5.74, 6) is -0.309. The molecule has 0 saturated heterocycles. The van der Waals surface area contributed by atoms with Crippen LogP contribution in [0.4, 0.5) is 0 Å². The highest BCUT2D eigenvalue weighted by atomic mass is 32.2. The quantitative estimate of drug-likeness (QED) is 0.315. The molecule has 96 valence electrons. The maximum Gasteiger partial charge on any atom is 0.266 e. The molecule has 9 heteroatoms. The van der Waals surface area contributed by atoms with E-state index in [1.165, 1.54) is 0 Å². The first-order valence-corrected chi connectivity index (χ1v) is 7.16. The van der Waals surface area contributed by atoms with Crippen molar-refractivity contribution in [1.29, 1.82) is 0 Å². The number of hydrogen-bond donors (Lipinski definition) is 3. The third-order valence-electron chi connectivity index (χ3n) is 2.00. The van der Waals surface area contributed by atoms with Gasteiger partial charge in [0.1, 0.15) is 5.03 Å². The molecule has 0 atom stereocenters. The van der Waals surface area contributed by atoms with E-state index >= 15 is 0 Å². The van der Waals surface area contributed by atoms with E-state index < -0.39 is 10.1 Å². The van der Waals surface area contributed by atoms with Gasteiger partial charge >= 0.3 is 0 Å². The van der Waals surface area contributed by atoms with Gasteiger partial charge in [-0.25, -0.2) is 9.97 Å². The van der Waals surface area contributed by atoms with E-state index in [1.54, 1.807) is 18.1 Å². The second-order valence-corrected chi connectivity index (χ2v) is 5.94. The lowest BCUT2D eigenvalue weighted by Gasteiger charge is -2.16. The van der Waals surface area contributed by atoms with Gasteiger partial charge in [-0.2, -0.15) is 8.42 Å². The highest BCUT2D eigenvalue weighted by molar-refractivity contribution is 7.85. The van der Waals surface area contributed by atoms with E-state index in [-0.39, 0.29) is 12.3 Å². The zero-order valence-electron chi connectivity index (χ0n) is 9.11. The van der Waals surface area contributed by atoms with Crippen LogP contribution in [0.3, 0.4) is 0 Å². The Hall–Kier alpha value is -0.350. The minimum atomic E-state index is -3.93. The average molecular weight is 295 g/mol. The highest BCUT2D eigenvalue weighted by Crippen LogP contribution is 2.13. The lowest BCUT2D eigenvalue weighted by Crippen LogP contribution is -2.25. The van der Waals surface area contributed by atoms with Crippen LogP contribution in [0.25, 0.3) is 0 Å². The molecule has 0 radical (unpaired) electrons. The van der Waals surface area contributed by atoms with Gasteiger partial charge in [-0.05, 0) is 7.05 Å². The molecule has 0 bridgehead atoms. The molecule has 0 unspecified atom stereocenters. The molecule has 1 aromatic rings. The Kier molecular flexibility index (Phi) is 5.20. The van der Waals surface area contributed by atoms with Crippen molar-refractivity contribution < 1.29 is 13.0 Å². The van der Waals surface area contributed by atoms with Gasteiger partial charge in [0.2, 0.25) is 0 Å². The molecule has 1 N–H and O–H groups in total. The molecule has 1 rings (SSSR count). The summed E-state index contributed by atoms with van der Waals surface area (Å²) in [6.07, 6.45) is 1.58. The largest absolute Gasteiger partial charge is 0.301 e. The molecule has 0 saturated carbocycles. The van der Waals surface area contributed by atoms with Gasteiger partial charge in [0, 0.05) is 24.8 Å². The van der Waals surface area contributed by atoms with E-state index in [1.807, 2.05) is 0 Å². The predicted molar refractivity (Wildman–Crippen MR) is 69.3 cm³/mol. The number of rotatable bonds is 5. The Labute approximate surface area is 111 Å². The van der Waals surface area contributed by atoms with Crippen molar-refractivity contribution in [1.82, 2.24) is 14.9 Å². The highest BCUT2D eigenvalue weighted by Gasteiger charge is 2.10. The Morgan fingerprint density at radius 1 is 1.47 bits per heavy atom. The smallest absolute Gasteiger partial charge is 0.266 e. The summed E-state index contributed by atoms with van der Waals surface area (Å²) in [6.45, 7) is 0.664. The van der Waals surface area contributed by atoms with Crippen LogP contribution < -0.4 is 0 Å². The van der Waals surface area contributed by atoms with Crippen LogP contribution in [0.5, 0.6) is 0 Å². The van der Waals surface area contributed by atoms with Crippen LogP contribution in [0.1, 0.15) is 5.56 Å². The van der Waals surface area contributed by atoms with Gasteiger partial charge in [0.05, 0.1) is 5.75 Å². The number of thiol groups is 2. The molecule has 0 spiro atoms. The van der Waals surface area contributed by atoms with Crippen LogP contribution in [-0.2, 0) is 16.7 Å². The van der Waals surface area contributed by atoms with Crippen molar-refractivity contribution >= 4 is 35.4 Å². The molecule has 0 fully saturated rings. The van der Waals surface area contributed by atoms with Gasteiger partial charge in [-0.1, -0.05) is 0 Å². The van der Waals surface area contributed by atoms with Gasteiger partial charge in [0.15, 0.2) is 5.16 Å². The second-order valence-electron chi connectivity index (χ2n) is 3.54. The minimum Gasteiger partial charge on any atom is -0.301 e. The normalized spacial score (nSPS) is 12.1. The van der Waals surface area contributed by atoms with Crippen LogP contribution in [0, 0.1) is 0 Å². The first-order chi connectivity index (χ1) is 7.78. The fraction of sp³-hybridized carbons (Fsp3) is 0.500. The van der Waals surface area contributed by atoms with Crippen molar-refractivity contribution in [2.45, 2.75) is 16.7 Å². The van der Waals surface area contributed by atoms with Gasteiger partial charge < -0.3 is 4.90 Å². The maximum absolute atomic E-state index is 10.6. The van der Waals surface area contributed by atoms with E-state index in [0.29, 0.717) is 16.7 Å². The Morgan fingerprint density at radius 2 is 2.12 bits per heavy atom. The number of hydrogen-bond acceptors (Lipinski definition) is 7. The molecule has 1 heterocycles. The van der Waals surface area contributed by atoms with Crippen molar-refractivity contribution in [3.8, 4) is 0 Å². The Balaban J connectivity index is 2.59. The SMILES string of the molecule is CN(CCS(=O)(=O)O)Cc1cnc(S)nc1S. The van der Waals surface area contributed by atoms with Crippen molar-refractivity contribution in [3.05, 3.63) is 11.8 Å². The van der Waals surface area contributed by atoms with Crippen LogP contribution >= 0.6 is 25.3 Å². The second kappa shape index (κ2) is 6.01. The molecule has 0 aliphatic carbocycles. The fourth-order valence-electron chi connectivity index (χ4n) is 1.14. The monoisotopic (exact) mass is 295 g/mol.